The Kier molecular flexibility index (Phi) is 2.59. The molecule has 18 heavy (non-hydrogen) atoms. The van der Waals surface area contributed by atoms with E-state index < -0.39 is 11.9 Å². The lowest BCUT2D eigenvalue weighted by molar-refractivity contribution is 0.0995. The maximum atomic E-state index is 13.6. The van der Waals surface area contributed by atoms with Crippen LogP contribution in [0.5, 0.6) is 0 Å². The summed E-state index contributed by atoms with van der Waals surface area (Å²) in [6.45, 7) is 2.00. The minimum atomic E-state index is -0.742. The third-order valence-corrected chi connectivity index (χ3v) is 4.18. The Labute approximate surface area is 105 Å². The molecule has 1 aliphatic heterocycles. The van der Waals surface area contributed by atoms with Gasteiger partial charge in [0.2, 0.25) is 5.95 Å². The molecule has 2 aliphatic rings. The molecule has 1 aromatic heterocycles. The van der Waals surface area contributed by atoms with Crippen LogP contribution in [0.15, 0.2) is 6.07 Å². The number of hydrogen-bond acceptors (Lipinski definition) is 3. The van der Waals surface area contributed by atoms with Gasteiger partial charge >= 0.3 is 0 Å². The Morgan fingerprint density at radius 1 is 1.39 bits per heavy atom. The first-order valence-electron chi connectivity index (χ1n) is 6.28. The number of rotatable bonds is 1. The van der Waals surface area contributed by atoms with Gasteiger partial charge < -0.3 is 11.1 Å². The first-order valence-corrected chi connectivity index (χ1v) is 6.28. The summed E-state index contributed by atoms with van der Waals surface area (Å²) in [6, 6.07) is 1.59. The van der Waals surface area contributed by atoms with Crippen molar-refractivity contribution in [3.8, 4) is 0 Å². The van der Waals surface area contributed by atoms with Crippen LogP contribution in [-0.4, -0.2) is 24.0 Å². The number of carbonyl (C=O) groups excluding carboxylic acids is 1. The summed E-state index contributed by atoms with van der Waals surface area (Å²) < 4.78 is 13.6. The van der Waals surface area contributed by atoms with Crippen LogP contribution in [0.4, 0.5) is 4.39 Å². The van der Waals surface area contributed by atoms with Crippen molar-refractivity contribution in [3.05, 3.63) is 28.8 Å². The van der Waals surface area contributed by atoms with Gasteiger partial charge in [-0.05, 0) is 55.8 Å². The lowest BCUT2D eigenvalue weighted by Gasteiger charge is -2.33. The molecule has 0 aromatic carbocycles. The normalized spacial score (nSPS) is 20.9. The Morgan fingerprint density at radius 3 is 2.78 bits per heavy atom. The molecule has 0 saturated carbocycles. The number of primary amides is 1. The SMILES string of the molecule is NC(=O)c1cc2c(nc1F)CC1(CCNCC1)C2. The highest BCUT2D eigenvalue weighted by Gasteiger charge is 2.39. The molecule has 0 bridgehead atoms. The molecule has 5 heteroatoms. The van der Waals surface area contributed by atoms with E-state index in [1.807, 2.05) is 0 Å². The van der Waals surface area contributed by atoms with Crippen LogP contribution in [0.25, 0.3) is 0 Å². The molecule has 3 N–H and O–H groups in total. The second kappa shape index (κ2) is 4.02. The summed E-state index contributed by atoms with van der Waals surface area (Å²) in [7, 11) is 0. The fourth-order valence-corrected chi connectivity index (χ4v) is 3.18. The van der Waals surface area contributed by atoms with Gasteiger partial charge in [0.1, 0.15) is 0 Å². The molecule has 1 aromatic rings. The van der Waals surface area contributed by atoms with Crippen molar-refractivity contribution in [2.45, 2.75) is 25.7 Å². The molecule has 2 heterocycles. The Hall–Kier alpha value is -1.49. The number of carbonyl (C=O) groups is 1. The summed E-state index contributed by atoms with van der Waals surface area (Å²) in [5, 5.41) is 3.34. The number of amides is 1. The Bertz CT molecular complexity index is 509. The molecular weight excluding hydrogens is 233 g/mol. The number of pyridine rings is 1. The lowest BCUT2D eigenvalue weighted by atomic mass is 9.77. The smallest absolute Gasteiger partial charge is 0.253 e. The molecule has 0 unspecified atom stereocenters. The van der Waals surface area contributed by atoms with Crippen LogP contribution in [-0.2, 0) is 12.8 Å². The van der Waals surface area contributed by atoms with Gasteiger partial charge in [-0.1, -0.05) is 0 Å². The van der Waals surface area contributed by atoms with Crippen molar-refractivity contribution in [2.24, 2.45) is 11.1 Å². The van der Waals surface area contributed by atoms with Crippen LogP contribution in [0.3, 0.4) is 0 Å². The largest absolute Gasteiger partial charge is 0.365 e. The molecule has 3 rings (SSSR count). The van der Waals surface area contributed by atoms with Gasteiger partial charge in [-0.25, -0.2) is 4.98 Å². The lowest BCUT2D eigenvalue weighted by Crippen LogP contribution is -2.37. The number of piperidine rings is 1. The molecule has 1 saturated heterocycles. The first-order chi connectivity index (χ1) is 8.60. The molecule has 1 aliphatic carbocycles. The van der Waals surface area contributed by atoms with Crippen LogP contribution in [0.1, 0.15) is 34.5 Å². The first kappa shape index (κ1) is 11.6. The summed E-state index contributed by atoms with van der Waals surface area (Å²) in [5.41, 5.74) is 7.08. The van der Waals surface area contributed by atoms with Crippen molar-refractivity contribution in [1.82, 2.24) is 10.3 Å². The minimum absolute atomic E-state index is 0.0836. The van der Waals surface area contributed by atoms with E-state index in [0.29, 0.717) is 0 Å². The number of nitrogens with zero attached hydrogens (tertiary/aromatic N) is 1. The van der Waals surface area contributed by atoms with Gasteiger partial charge in [-0.15, -0.1) is 0 Å². The molecule has 4 nitrogen and oxygen atoms in total. The zero-order chi connectivity index (χ0) is 12.8. The van der Waals surface area contributed by atoms with Crippen LogP contribution < -0.4 is 11.1 Å². The van der Waals surface area contributed by atoms with Gasteiger partial charge in [0, 0.05) is 5.69 Å². The number of aromatic nitrogens is 1. The predicted octanol–water partition coefficient (Wildman–Crippen LogP) is 0.788. The van der Waals surface area contributed by atoms with Crippen LogP contribution in [0, 0.1) is 11.4 Å². The molecule has 96 valence electrons. The quantitative estimate of drug-likeness (QED) is 0.723. The van der Waals surface area contributed by atoms with Crippen molar-refractivity contribution >= 4 is 5.91 Å². The molecule has 1 fully saturated rings. The van der Waals surface area contributed by atoms with Gasteiger partial charge in [-0.2, -0.15) is 4.39 Å². The number of nitrogens with one attached hydrogen (secondary N) is 1. The average molecular weight is 249 g/mol. The van der Waals surface area contributed by atoms with Crippen LogP contribution >= 0.6 is 0 Å². The molecule has 1 spiro atoms. The van der Waals surface area contributed by atoms with E-state index in [1.54, 1.807) is 6.07 Å². The monoisotopic (exact) mass is 249 g/mol. The Morgan fingerprint density at radius 2 is 2.11 bits per heavy atom. The highest BCUT2D eigenvalue weighted by atomic mass is 19.1. The summed E-state index contributed by atoms with van der Waals surface area (Å²) in [4.78, 5) is 15.1. The van der Waals surface area contributed by atoms with Gasteiger partial charge in [-0.3, -0.25) is 4.79 Å². The fraction of sp³-hybridized carbons (Fsp3) is 0.538. The summed E-state index contributed by atoms with van der Waals surface area (Å²) >= 11 is 0. The Balaban J connectivity index is 1.95. The predicted molar refractivity (Wildman–Crippen MR) is 64.7 cm³/mol. The highest BCUT2D eigenvalue weighted by molar-refractivity contribution is 5.93. The number of halogens is 1. The topological polar surface area (TPSA) is 68.0 Å². The summed E-state index contributed by atoms with van der Waals surface area (Å²) in [6.07, 6.45) is 3.87. The second-order valence-electron chi connectivity index (χ2n) is 5.40. The molecular formula is C13H16FN3O. The zero-order valence-electron chi connectivity index (χ0n) is 10.1. The van der Waals surface area contributed by atoms with E-state index >= 15 is 0 Å². The molecule has 0 radical (unpaired) electrons. The second-order valence-corrected chi connectivity index (χ2v) is 5.40. The van der Waals surface area contributed by atoms with E-state index in [1.165, 1.54) is 0 Å². The highest BCUT2D eigenvalue weighted by Crippen LogP contribution is 2.42. The van der Waals surface area contributed by atoms with Gasteiger partial charge in [0.05, 0.1) is 5.56 Å². The maximum Gasteiger partial charge on any atom is 0.253 e. The number of nitrogens with two attached hydrogens (primary N) is 1. The van der Waals surface area contributed by atoms with Gasteiger partial charge in [0.15, 0.2) is 0 Å². The molecule has 0 atom stereocenters. The average Bonchev–Trinajstić information content (AvgIpc) is 2.65. The maximum absolute atomic E-state index is 13.6. The van der Waals surface area contributed by atoms with Crippen molar-refractivity contribution in [1.29, 1.82) is 0 Å². The standard InChI is InChI=1S/C13H16FN3O/c14-11-9(12(15)18)5-8-6-13(7-10(8)17-11)1-3-16-4-2-13/h5,16H,1-4,6-7H2,(H2,15,18). The van der Waals surface area contributed by atoms with E-state index in [9.17, 15) is 9.18 Å². The van der Waals surface area contributed by atoms with E-state index in [-0.39, 0.29) is 11.0 Å². The fourth-order valence-electron chi connectivity index (χ4n) is 3.18. The zero-order valence-corrected chi connectivity index (χ0v) is 10.1. The number of hydrogen-bond donors (Lipinski definition) is 2. The van der Waals surface area contributed by atoms with E-state index in [0.717, 1.165) is 50.0 Å². The number of fused-ring (bicyclic) bond motifs is 1. The third kappa shape index (κ3) is 1.79. The van der Waals surface area contributed by atoms with Crippen molar-refractivity contribution in [3.63, 3.8) is 0 Å². The van der Waals surface area contributed by atoms with E-state index in [4.69, 9.17) is 5.73 Å². The van der Waals surface area contributed by atoms with Crippen LogP contribution in [0.2, 0.25) is 0 Å². The third-order valence-electron chi connectivity index (χ3n) is 4.18. The minimum Gasteiger partial charge on any atom is -0.365 e. The van der Waals surface area contributed by atoms with Crippen molar-refractivity contribution in [2.75, 3.05) is 13.1 Å². The van der Waals surface area contributed by atoms with Crippen molar-refractivity contribution < 1.29 is 9.18 Å². The van der Waals surface area contributed by atoms with Gasteiger partial charge in [0.25, 0.3) is 5.91 Å². The van der Waals surface area contributed by atoms with E-state index in [2.05, 4.69) is 10.3 Å². The molecule has 1 amide bonds. The summed E-state index contributed by atoms with van der Waals surface area (Å²) in [5.74, 6) is -1.47.